The molecule has 0 heterocycles. The van der Waals surface area contributed by atoms with Gasteiger partial charge in [0.2, 0.25) is 0 Å². The van der Waals surface area contributed by atoms with Crippen molar-refractivity contribution in [1.82, 2.24) is 4.90 Å². The van der Waals surface area contributed by atoms with Gasteiger partial charge in [-0.1, -0.05) is 18.2 Å². The van der Waals surface area contributed by atoms with Gasteiger partial charge in [-0.2, -0.15) is 0 Å². The molecular formula is C25H29N3O3S. The SMILES string of the molecule is Cc1ccc(NS(=O)(=O)c2ccc(C(=O)N(C)Cc3ccc(N(C)C)cc3)cc2)cc1C. The van der Waals surface area contributed by atoms with Gasteiger partial charge in [0, 0.05) is 44.6 Å². The highest BCUT2D eigenvalue weighted by atomic mass is 32.2. The molecule has 32 heavy (non-hydrogen) atoms. The first-order chi connectivity index (χ1) is 15.1. The van der Waals surface area contributed by atoms with Gasteiger partial charge in [-0.15, -0.1) is 0 Å². The zero-order chi connectivity index (χ0) is 23.5. The number of carbonyl (C=O) groups excluding carboxylic acids is 1. The highest BCUT2D eigenvalue weighted by molar-refractivity contribution is 7.92. The van der Waals surface area contributed by atoms with Crippen LogP contribution in [0.5, 0.6) is 0 Å². The summed E-state index contributed by atoms with van der Waals surface area (Å²) in [5.74, 6) is -0.173. The fourth-order valence-corrected chi connectivity index (χ4v) is 4.31. The Morgan fingerprint density at radius 1 is 0.844 bits per heavy atom. The lowest BCUT2D eigenvalue weighted by atomic mass is 10.1. The van der Waals surface area contributed by atoms with Crippen LogP contribution < -0.4 is 9.62 Å². The number of amides is 1. The molecule has 0 unspecified atom stereocenters. The van der Waals surface area contributed by atoms with E-state index in [9.17, 15) is 13.2 Å². The molecule has 3 aromatic rings. The third-order valence-corrected chi connectivity index (χ3v) is 6.79. The summed E-state index contributed by atoms with van der Waals surface area (Å²) in [5, 5.41) is 0. The van der Waals surface area contributed by atoms with Gasteiger partial charge >= 0.3 is 0 Å². The average molecular weight is 452 g/mol. The fourth-order valence-electron chi connectivity index (χ4n) is 3.26. The molecule has 1 amide bonds. The molecule has 0 radical (unpaired) electrons. The standard InChI is InChI=1S/C25H29N3O3S/c1-18-6-11-22(16-19(18)2)26-32(30,31)24-14-9-21(10-15-24)25(29)28(5)17-20-7-12-23(13-8-20)27(3)4/h6-16,26H,17H2,1-5H3. The first kappa shape index (κ1) is 23.3. The monoisotopic (exact) mass is 451 g/mol. The Morgan fingerprint density at radius 2 is 1.47 bits per heavy atom. The zero-order valence-electron chi connectivity index (χ0n) is 19.1. The molecule has 0 aliphatic rings. The highest BCUT2D eigenvalue weighted by Crippen LogP contribution is 2.20. The highest BCUT2D eigenvalue weighted by Gasteiger charge is 2.17. The molecule has 0 saturated heterocycles. The van der Waals surface area contributed by atoms with Gasteiger partial charge in [-0.25, -0.2) is 8.42 Å². The molecule has 3 aromatic carbocycles. The van der Waals surface area contributed by atoms with E-state index in [1.54, 1.807) is 36.2 Å². The molecule has 7 heteroatoms. The Hall–Kier alpha value is -3.32. The van der Waals surface area contributed by atoms with E-state index >= 15 is 0 Å². The maximum absolute atomic E-state index is 12.8. The molecule has 168 valence electrons. The summed E-state index contributed by atoms with van der Waals surface area (Å²) < 4.78 is 28.0. The van der Waals surface area contributed by atoms with E-state index in [4.69, 9.17) is 0 Å². The lowest BCUT2D eigenvalue weighted by Crippen LogP contribution is -2.26. The molecule has 0 aliphatic heterocycles. The quantitative estimate of drug-likeness (QED) is 0.577. The second-order valence-electron chi connectivity index (χ2n) is 8.15. The van der Waals surface area contributed by atoms with Gasteiger partial charge in [0.15, 0.2) is 0 Å². The molecule has 0 atom stereocenters. The molecule has 0 aliphatic carbocycles. The lowest BCUT2D eigenvalue weighted by Gasteiger charge is -2.19. The Bertz CT molecular complexity index is 1200. The van der Waals surface area contributed by atoms with Crippen LogP contribution in [-0.4, -0.2) is 40.4 Å². The molecule has 0 bridgehead atoms. The normalized spacial score (nSPS) is 11.2. The van der Waals surface area contributed by atoms with Crippen molar-refractivity contribution in [1.29, 1.82) is 0 Å². The zero-order valence-corrected chi connectivity index (χ0v) is 19.9. The van der Waals surface area contributed by atoms with Gasteiger partial charge in [-0.3, -0.25) is 9.52 Å². The maximum atomic E-state index is 12.8. The van der Waals surface area contributed by atoms with Crippen LogP contribution in [0.25, 0.3) is 0 Å². The van der Waals surface area contributed by atoms with Gasteiger partial charge in [0.25, 0.3) is 15.9 Å². The number of anilines is 2. The molecule has 3 rings (SSSR count). The fraction of sp³-hybridized carbons (Fsp3) is 0.240. The van der Waals surface area contributed by atoms with Crippen molar-refractivity contribution in [2.75, 3.05) is 30.8 Å². The van der Waals surface area contributed by atoms with Crippen LogP contribution >= 0.6 is 0 Å². The van der Waals surface area contributed by atoms with Crippen molar-refractivity contribution in [2.45, 2.75) is 25.3 Å². The van der Waals surface area contributed by atoms with Crippen LogP contribution in [0.15, 0.2) is 71.6 Å². The van der Waals surface area contributed by atoms with Crippen molar-refractivity contribution in [2.24, 2.45) is 0 Å². The molecular weight excluding hydrogens is 422 g/mol. The van der Waals surface area contributed by atoms with Crippen LogP contribution in [-0.2, 0) is 16.6 Å². The first-order valence-corrected chi connectivity index (χ1v) is 11.8. The summed E-state index contributed by atoms with van der Waals surface area (Å²) >= 11 is 0. The van der Waals surface area contributed by atoms with Crippen LogP contribution in [0.1, 0.15) is 27.0 Å². The number of carbonyl (C=O) groups is 1. The summed E-state index contributed by atoms with van der Waals surface area (Å²) in [5.41, 5.74) is 5.15. The van der Waals surface area contributed by atoms with Crippen molar-refractivity contribution >= 4 is 27.3 Å². The molecule has 0 saturated carbocycles. The second-order valence-corrected chi connectivity index (χ2v) is 9.83. The van der Waals surface area contributed by atoms with Crippen LogP contribution in [0.3, 0.4) is 0 Å². The molecule has 6 nitrogen and oxygen atoms in total. The number of sulfonamides is 1. The van der Waals surface area contributed by atoms with E-state index in [0.29, 0.717) is 17.8 Å². The summed E-state index contributed by atoms with van der Waals surface area (Å²) in [6, 6.07) is 19.4. The van der Waals surface area contributed by atoms with Crippen LogP contribution in [0.4, 0.5) is 11.4 Å². The van der Waals surface area contributed by atoms with Gasteiger partial charge < -0.3 is 9.80 Å². The number of hydrogen-bond acceptors (Lipinski definition) is 4. The Labute approximate surface area is 190 Å². The van der Waals surface area contributed by atoms with Gasteiger partial charge in [0.1, 0.15) is 0 Å². The minimum absolute atomic E-state index is 0.106. The second kappa shape index (κ2) is 9.44. The number of rotatable bonds is 7. The number of hydrogen-bond donors (Lipinski definition) is 1. The van der Waals surface area contributed by atoms with E-state index in [1.165, 1.54) is 12.1 Å². The first-order valence-electron chi connectivity index (χ1n) is 10.3. The third kappa shape index (κ3) is 5.48. The largest absolute Gasteiger partial charge is 0.378 e. The minimum atomic E-state index is -3.74. The third-order valence-electron chi connectivity index (χ3n) is 5.39. The van der Waals surface area contributed by atoms with E-state index in [0.717, 1.165) is 22.4 Å². The number of aryl methyl sites for hydroxylation is 2. The molecule has 1 N–H and O–H groups in total. The molecule has 0 aromatic heterocycles. The Morgan fingerprint density at radius 3 is 2.03 bits per heavy atom. The number of nitrogens with zero attached hydrogens (tertiary/aromatic N) is 2. The summed E-state index contributed by atoms with van der Waals surface area (Å²) in [4.78, 5) is 16.5. The Balaban J connectivity index is 1.69. The average Bonchev–Trinajstić information content (AvgIpc) is 2.76. The smallest absolute Gasteiger partial charge is 0.261 e. The van der Waals surface area contributed by atoms with E-state index in [2.05, 4.69) is 4.72 Å². The van der Waals surface area contributed by atoms with Crippen molar-refractivity contribution in [3.05, 3.63) is 89.0 Å². The van der Waals surface area contributed by atoms with Crippen molar-refractivity contribution in [3.8, 4) is 0 Å². The van der Waals surface area contributed by atoms with Crippen LogP contribution in [0, 0.1) is 13.8 Å². The lowest BCUT2D eigenvalue weighted by molar-refractivity contribution is 0.0785. The summed E-state index contributed by atoms with van der Waals surface area (Å²) in [7, 11) is 1.94. The molecule has 0 fully saturated rings. The van der Waals surface area contributed by atoms with E-state index in [1.807, 2.05) is 63.2 Å². The summed E-state index contributed by atoms with van der Waals surface area (Å²) in [6.07, 6.45) is 0. The molecule has 0 spiro atoms. The van der Waals surface area contributed by atoms with E-state index in [-0.39, 0.29) is 10.8 Å². The predicted molar refractivity (Wildman–Crippen MR) is 130 cm³/mol. The van der Waals surface area contributed by atoms with Gasteiger partial charge in [0.05, 0.1) is 4.90 Å². The van der Waals surface area contributed by atoms with Crippen molar-refractivity contribution < 1.29 is 13.2 Å². The van der Waals surface area contributed by atoms with Crippen LogP contribution in [0.2, 0.25) is 0 Å². The Kier molecular flexibility index (Phi) is 6.89. The number of nitrogens with one attached hydrogen (secondary N) is 1. The van der Waals surface area contributed by atoms with Crippen molar-refractivity contribution in [3.63, 3.8) is 0 Å². The summed E-state index contributed by atoms with van der Waals surface area (Å²) in [6.45, 7) is 4.36. The van der Waals surface area contributed by atoms with Gasteiger partial charge in [-0.05, 0) is 79.1 Å². The van der Waals surface area contributed by atoms with E-state index < -0.39 is 10.0 Å². The topological polar surface area (TPSA) is 69.7 Å². The number of benzene rings is 3. The minimum Gasteiger partial charge on any atom is -0.378 e. The maximum Gasteiger partial charge on any atom is 0.261 e. The predicted octanol–water partition coefficient (Wildman–Crippen LogP) is 4.44.